The van der Waals surface area contributed by atoms with E-state index in [2.05, 4.69) is 11.1 Å². The van der Waals surface area contributed by atoms with Crippen LogP contribution in [-0.2, 0) is 0 Å². The number of benzene rings is 1. The predicted octanol–water partition coefficient (Wildman–Crippen LogP) is 3.44. The van der Waals surface area contributed by atoms with E-state index in [4.69, 9.17) is 5.26 Å². The average molecular weight is 232 g/mol. The molecule has 2 aromatic rings. The molecule has 0 radical (unpaired) electrons. The normalized spacial score (nSPS) is 10.1. The summed E-state index contributed by atoms with van der Waals surface area (Å²) in [6.07, 6.45) is 0. The van der Waals surface area contributed by atoms with Crippen LogP contribution >= 0.6 is 11.3 Å². The highest BCUT2D eigenvalue weighted by Gasteiger charge is 2.11. The summed E-state index contributed by atoms with van der Waals surface area (Å²) < 4.78 is 13.1. The van der Waals surface area contributed by atoms with Crippen molar-refractivity contribution in [1.29, 1.82) is 5.26 Å². The summed E-state index contributed by atoms with van der Waals surface area (Å²) in [5, 5.41) is 9.80. The van der Waals surface area contributed by atoms with Gasteiger partial charge in [0.05, 0.1) is 10.7 Å². The van der Waals surface area contributed by atoms with Gasteiger partial charge in [-0.3, -0.25) is 0 Å². The first-order valence-electron chi connectivity index (χ1n) is 4.76. The van der Waals surface area contributed by atoms with Crippen molar-refractivity contribution >= 4 is 11.3 Å². The van der Waals surface area contributed by atoms with Gasteiger partial charge in [0.1, 0.15) is 16.8 Å². The number of halogens is 1. The first-order valence-corrected chi connectivity index (χ1v) is 5.57. The molecule has 2 rings (SSSR count). The van der Waals surface area contributed by atoms with Crippen LogP contribution in [0.4, 0.5) is 4.39 Å². The molecular weight excluding hydrogens is 223 g/mol. The molecule has 0 saturated heterocycles. The molecule has 0 bridgehead atoms. The second kappa shape index (κ2) is 4.03. The van der Waals surface area contributed by atoms with Crippen molar-refractivity contribution in [3.63, 3.8) is 0 Å². The monoisotopic (exact) mass is 232 g/mol. The average Bonchev–Trinajstić information content (AvgIpc) is 2.63. The van der Waals surface area contributed by atoms with E-state index in [0.717, 1.165) is 10.6 Å². The molecule has 4 heteroatoms. The molecule has 1 heterocycles. The lowest BCUT2D eigenvalue weighted by Crippen LogP contribution is -1.86. The third-order valence-electron chi connectivity index (χ3n) is 2.27. The summed E-state index contributed by atoms with van der Waals surface area (Å²) in [6, 6.07) is 6.88. The van der Waals surface area contributed by atoms with Gasteiger partial charge in [-0.15, -0.1) is 11.3 Å². The molecule has 16 heavy (non-hydrogen) atoms. The molecule has 0 amide bonds. The lowest BCUT2D eigenvalue weighted by Gasteiger charge is -2.00. The minimum atomic E-state index is -0.241. The van der Waals surface area contributed by atoms with Gasteiger partial charge in [0, 0.05) is 5.56 Å². The van der Waals surface area contributed by atoms with Gasteiger partial charge in [-0.25, -0.2) is 9.37 Å². The molecule has 0 unspecified atom stereocenters. The number of nitrogens with zero attached hydrogens (tertiary/aromatic N) is 2. The van der Waals surface area contributed by atoms with Gasteiger partial charge < -0.3 is 0 Å². The third-order valence-corrected chi connectivity index (χ3v) is 3.14. The molecule has 0 spiro atoms. The summed E-state index contributed by atoms with van der Waals surface area (Å²) in [6.45, 7) is 3.55. The molecule has 0 saturated carbocycles. The second-order valence-electron chi connectivity index (χ2n) is 3.49. The number of aryl methyl sites for hydroxylation is 2. The summed E-state index contributed by atoms with van der Waals surface area (Å²) in [5.74, 6) is -0.241. The van der Waals surface area contributed by atoms with Gasteiger partial charge in [-0.1, -0.05) is 0 Å². The van der Waals surface area contributed by atoms with E-state index in [1.54, 1.807) is 19.1 Å². The molecule has 0 aliphatic carbocycles. The fraction of sp³-hybridized carbons (Fsp3) is 0.167. The zero-order valence-electron chi connectivity index (χ0n) is 8.91. The van der Waals surface area contributed by atoms with Gasteiger partial charge in [0.25, 0.3) is 0 Å². The number of nitriles is 1. The van der Waals surface area contributed by atoms with Gasteiger partial charge in [-0.2, -0.15) is 5.26 Å². The van der Waals surface area contributed by atoms with Crippen molar-refractivity contribution in [2.75, 3.05) is 0 Å². The fourth-order valence-electron chi connectivity index (χ4n) is 1.49. The highest BCUT2D eigenvalue weighted by atomic mass is 32.1. The predicted molar refractivity (Wildman–Crippen MR) is 61.7 cm³/mol. The summed E-state index contributed by atoms with van der Waals surface area (Å²) >= 11 is 1.35. The first kappa shape index (κ1) is 10.8. The molecule has 1 aromatic heterocycles. The Morgan fingerprint density at radius 1 is 1.38 bits per heavy atom. The number of hydrogen-bond acceptors (Lipinski definition) is 3. The van der Waals surface area contributed by atoms with Gasteiger partial charge in [-0.05, 0) is 37.6 Å². The molecule has 2 nitrogen and oxygen atoms in total. The number of rotatable bonds is 1. The van der Waals surface area contributed by atoms with Gasteiger partial charge in [0.2, 0.25) is 0 Å². The number of hydrogen-bond donors (Lipinski definition) is 0. The Hall–Kier alpha value is -1.73. The molecule has 0 fully saturated rings. The molecule has 0 aliphatic heterocycles. The minimum absolute atomic E-state index is 0.241. The van der Waals surface area contributed by atoms with E-state index in [1.807, 2.05) is 6.92 Å². The van der Waals surface area contributed by atoms with Crippen LogP contribution in [0.15, 0.2) is 18.2 Å². The van der Waals surface area contributed by atoms with Crippen LogP contribution < -0.4 is 0 Å². The van der Waals surface area contributed by atoms with E-state index in [9.17, 15) is 4.39 Å². The molecule has 80 valence electrons. The Labute approximate surface area is 97.0 Å². The van der Waals surface area contributed by atoms with E-state index in [0.29, 0.717) is 16.1 Å². The highest BCUT2D eigenvalue weighted by molar-refractivity contribution is 7.12. The zero-order valence-corrected chi connectivity index (χ0v) is 9.73. The molecular formula is C12H9FN2S. The molecule has 0 N–H and O–H groups in total. The van der Waals surface area contributed by atoms with Gasteiger partial charge in [0.15, 0.2) is 0 Å². The van der Waals surface area contributed by atoms with E-state index < -0.39 is 0 Å². The zero-order chi connectivity index (χ0) is 11.7. The van der Waals surface area contributed by atoms with E-state index in [1.165, 1.54) is 17.4 Å². The number of aromatic nitrogens is 1. The largest absolute Gasteiger partial charge is 0.240 e. The summed E-state index contributed by atoms with van der Waals surface area (Å²) in [5.41, 5.74) is 2.00. The standard InChI is InChI=1S/C12H9FN2S/c1-7-5-9(3-4-10(7)13)12-11(6-14)16-8(2)15-12/h3-5H,1-2H3. The Kier molecular flexibility index (Phi) is 2.71. The second-order valence-corrected chi connectivity index (χ2v) is 4.69. The number of thiazole rings is 1. The third kappa shape index (κ3) is 1.82. The smallest absolute Gasteiger partial charge is 0.132 e. The Morgan fingerprint density at radius 3 is 2.75 bits per heavy atom. The molecule has 0 aliphatic rings. The first-order chi connectivity index (χ1) is 7.61. The van der Waals surface area contributed by atoms with Crippen molar-refractivity contribution in [2.24, 2.45) is 0 Å². The highest BCUT2D eigenvalue weighted by Crippen LogP contribution is 2.28. The minimum Gasteiger partial charge on any atom is -0.240 e. The van der Waals surface area contributed by atoms with Crippen LogP contribution in [0.1, 0.15) is 15.4 Å². The van der Waals surface area contributed by atoms with Crippen LogP contribution in [-0.4, -0.2) is 4.98 Å². The van der Waals surface area contributed by atoms with Crippen molar-refractivity contribution in [1.82, 2.24) is 4.98 Å². The van der Waals surface area contributed by atoms with E-state index in [-0.39, 0.29) is 5.82 Å². The Bertz CT molecular complexity index is 581. The van der Waals surface area contributed by atoms with Gasteiger partial charge >= 0.3 is 0 Å². The quantitative estimate of drug-likeness (QED) is 0.755. The maximum absolute atomic E-state index is 13.1. The Morgan fingerprint density at radius 2 is 2.12 bits per heavy atom. The lowest BCUT2D eigenvalue weighted by molar-refractivity contribution is 0.619. The van der Waals surface area contributed by atoms with E-state index >= 15 is 0 Å². The Balaban J connectivity index is 2.59. The van der Waals surface area contributed by atoms with Crippen molar-refractivity contribution in [2.45, 2.75) is 13.8 Å². The van der Waals surface area contributed by atoms with Crippen molar-refractivity contribution in [3.05, 3.63) is 39.5 Å². The summed E-state index contributed by atoms with van der Waals surface area (Å²) in [4.78, 5) is 4.87. The maximum atomic E-state index is 13.1. The van der Waals surface area contributed by atoms with Crippen molar-refractivity contribution < 1.29 is 4.39 Å². The van der Waals surface area contributed by atoms with Crippen molar-refractivity contribution in [3.8, 4) is 17.3 Å². The maximum Gasteiger partial charge on any atom is 0.132 e. The van der Waals surface area contributed by atoms with Crippen LogP contribution in [0.25, 0.3) is 11.3 Å². The lowest BCUT2D eigenvalue weighted by atomic mass is 10.1. The van der Waals surface area contributed by atoms with Crippen LogP contribution in [0.3, 0.4) is 0 Å². The SMILES string of the molecule is Cc1nc(-c2ccc(F)c(C)c2)c(C#N)s1. The molecule has 1 aromatic carbocycles. The van der Waals surface area contributed by atoms with Crippen LogP contribution in [0.5, 0.6) is 0 Å². The van der Waals surface area contributed by atoms with Crippen LogP contribution in [0, 0.1) is 31.0 Å². The van der Waals surface area contributed by atoms with Crippen LogP contribution in [0.2, 0.25) is 0 Å². The molecule has 0 atom stereocenters. The fourth-order valence-corrected chi connectivity index (χ4v) is 2.23. The summed E-state index contributed by atoms with van der Waals surface area (Å²) in [7, 11) is 0. The topological polar surface area (TPSA) is 36.7 Å².